The molecule has 42 heteroatoms. The van der Waals surface area contributed by atoms with E-state index < -0.39 is 0 Å². The Hall–Kier alpha value is -16.3. The molecule has 1 unspecified atom stereocenters. The number of rotatable bonds is 18. The van der Waals surface area contributed by atoms with Crippen LogP contribution in [-0.2, 0) is 0 Å². The molecule has 39 nitrogen and oxygen atoms in total. The first kappa shape index (κ1) is 93.6. The first-order valence-electron chi connectivity index (χ1n) is 48.4. The summed E-state index contributed by atoms with van der Waals surface area (Å²) in [7, 11) is 0. The number of nitrogens with one attached hydrogen (secondary N) is 5. The van der Waals surface area contributed by atoms with Crippen molar-refractivity contribution in [2.24, 2.45) is 5.41 Å². The molecule has 7 aliphatic rings. The highest BCUT2D eigenvalue weighted by Gasteiger charge is 2.52. The number of anilines is 6. The second kappa shape index (κ2) is 40.9. The van der Waals surface area contributed by atoms with E-state index in [1.807, 2.05) is 188 Å². The number of aromatic nitrogens is 22. The molecular formula is C103H103N33O6S3. The lowest BCUT2D eigenvalue weighted by molar-refractivity contribution is 0.0776. The van der Waals surface area contributed by atoms with E-state index in [2.05, 4.69) is 177 Å². The van der Waals surface area contributed by atoms with E-state index in [1.54, 1.807) is 62.1 Å². The predicted molar refractivity (Wildman–Crippen MR) is 555 cm³/mol. The molecule has 0 radical (unpaired) electrons. The van der Waals surface area contributed by atoms with Crippen molar-refractivity contribution in [2.75, 3.05) is 108 Å². The van der Waals surface area contributed by atoms with Crippen molar-refractivity contribution in [1.29, 1.82) is 0 Å². The van der Waals surface area contributed by atoms with Gasteiger partial charge in [-0.25, -0.2) is 74.8 Å². The molecule has 5 amide bonds. The number of imidazole rings is 3. The predicted octanol–water partition coefficient (Wildman–Crippen LogP) is 11.9. The minimum Gasteiger partial charge on any atom is -0.391 e. The lowest BCUT2D eigenvalue weighted by Gasteiger charge is -2.36. The maximum Gasteiger partial charge on any atom is 0.289 e. The molecule has 26 rings (SSSR count). The molecule has 21 heterocycles. The van der Waals surface area contributed by atoms with Gasteiger partial charge in [-0.05, 0) is 132 Å². The zero-order valence-corrected chi connectivity index (χ0v) is 82.3. The van der Waals surface area contributed by atoms with Gasteiger partial charge in [0.15, 0.2) is 51.2 Å². The Labute approximate surface area is 843 Å². The van der Waals surface area contributed by atoms with E-state index in [0.717, 1.165) is 219 Å². The number of hydrogen-bond acceptors (Lipinski definition) is 32. The van der Waals surface area contributed by atoms with Gasteiger partial charge >= 0.3 is 0 Å². The van der Waals surface area contributed by atoms with Crippen molar-refractivity contribution in [2.45, 2.75) is 115 Å². The lowest BCUT2D eigenvalue weighted by atomic mass is 9.91. The van der Waals surface area contributed by atoms with Gasteiger partial charge in [-0.1, -0.05) is 71.8 Å². The number of nitrogens with zero attached hydrogens (tertiary/aromatic N) is 28. The minimum atomic E-state index is -0.292. The monoisotopic (exact) mass is 1990 g/mol. The molecule has 1 saturated carbocycles. The van der Waals surface area contributed by atoms with E-state index in [4.69, 9.17) is 0 Å². The molecule has 7 fully saturated rings. The Bertz CT molecular complexity index is 7630. The highest BCUT2D eigenvalue weighted by atomic mass is 32.1. The average molecular weight is 2000 g/mol. The fourth-order valence-electron chi connectivity index (χ4n) is 19.6. The van der Waals surface area contributed by atoms with Crippen LogP contribution in [0.4, 0.5) is 34.2 Å². The van der Waals surface area contributed by atoms with Gasteiger partial charge in [0, 0.05) is 265 Å². The topological polar surface area (TPSA) is 426 Å². The minimum absolute atomic E-state index is 0.00482. The number of aliphatic hydroxyl groups is 1. The van der Waals surface area contributed by atoms with Gasteiger partial charge in [-0.2, -0.15) is 0 Å². The highest BCUT2D eigenvalue weighted by Crippen LogP contribution is 2.54. The molecule has 145 heavy (non-hydrogen) atoms. The van der Waals surface area contributed by atoms with Gasteiger partial charge in [0.25, 0.3) is 29.5 Å². The van der Waals surface area contributed by atoms with Crippen LogP contribution in [0, 0.1) is 33.1 Å². The number of β-amino-alcohol motifs (C(OH)–C–C–N with tert-alkyl or cyclic N) is 1. The van der Waals surface area contributed by atoms with Crippen molar-refractivity contribution in [1.82, 2.24) is 134 Å². The summed E-state index contributed by atoms with van der Waals surface area (Å²) in [6, 6.07) is 32.3. The SMILES string of the molecule is Cc1ccc2nc(C(=O)N[C@H]3CCN(c4nccn5ccnc45)C3)ncc2c1.Cc1ccc2nc(C(=O)N[C@H]3CCN(c4nccn5cnnc45)C3)ncc2c1.Cc1ccccc1-c1nc(C(=O)N[C@H]2CCN(c3nccn4cccc34)C2)cs1.Cc1ccccc1-c1nc(C(=O)N[C@H]2CCN(c3nccn4ccnc34)C2)cs1.O=C(N[C@H]1CCN(c2nccn3ccnc23)C1)c1csc(N2CCC3(CC3)C(O)C2)n1. The second-order valence-electron chi connectivity index (χ2n) is 37.4. The summed E-state index contributed by atoms with van der Waals surface area (Å²) >= 11 is 4.48. The van der Waals surface area contributed by atoms with Gasteiger partial charge < -0.3 is 78.7 Å². The normalized spacial score (nSPS) is 18.4. The summed E-state index contributed by atoms with van der Waals surface area (Å²) in [6.45, 7) is 17.2. The third kappa shape index (κ3) is 20.4. The number of thiazole rings is 3. The summed E-state index contributed by atoms with van der Waals surface area (Å²) in [5.41, 5.74) is 14.1. The first-order valence-corrected chi connectivity index (χ1v) is 51.0. The van der Waals surface area contributed by atoms with Crippen LogP contribution < -0.4 is 56.0 Å². The van der Waals surface area contributed by atoms with Crippen LogP contribution >= 0.6 is 34.0 Å². The molecule has 19 aromatic rings. The molecule has 1 spiro atoms. The van der Waals surface area contributed by atoms with Gasteiger partial charge in [0.1, 0.15) is 33.4 Å². The fourth-order valence-corrected chi connectivity index (χ4v) is 22.2. The van der Waals surface area contributed by atoms with Crippen LogP contribution in [0.25, 0.3) is 71.1 Å². The van der Waals surface area contributed by atoms with Gasteiger partial charge in [0.2, 0.25) is 17.3 Å². The Morgan fingerprint density at radius 3 is 1.18 bits per heavy atom. The van der Waals surface area contributed by atoms with Crippen LogP contribution in [-0.4, -0.2) is 256 Å². The summed E-state index contributed by atoms with van der Waals surface area (Å²) in [5.74, 6) is 3.77. The standard InChI is InChI=1S/C22H21N5OS.C21H25N7O2S.C21H20N6OS.C20H19N7O.C19H18N8O/c1-15-5-2-3-6-17(15)22-25-18(14-29-22)21(28)24-16-8-11-27(13-16)20-19-7-4-10-26(19)12-9-23-20;29-16-12-28(8-4-21(16)2-3-21)20-25-15(13-31-20)19(30)24-14-1-7-27(11-14)18-17-22-5-9-26(17)10-6-23-18;1-14-4-2-3-5-16(14)21-25-17(13-29-21)20(28)24-15-6-9-27(12-15)19-18-22-7-10-26(18)11-8-23-19;1-13-2-3-16-14(10-13)11-23-17(25-16)20(28)24-15-4-7-27(12-15)19-18-21-5-8-26(18)9-6-22-19;1-12-2-3-15-13(8-12)9-21-16(24-15)19(28)23-14-4-6-26(10-14)17-18-25-22-11-27(18)7-5-20-17/h2-7,9-10,12,14,16H,8,11,13H2,1H3,(H,24,28);5-6,9-10,13-14,16,29H,1-4,7-8,11-12H2,(H,24,30);2-5,7-8,10-11,13,15H,6,9,12H2,1H3,(H,24,28);2-3,5-6,8-11,15H,4,7,12H2,1H3,(H,24,28);2-3,5,7-9,11,14H,4,6,10H2,1H3,(H,23,28)/t16-;14-,16?;2*15-;14-/m00000/s1. The Balaban J connectivity index is 0.000000103. The number of benzene rings is 4. The molecule has 6 N–H and O–H groups in total. The summed E-state index contributed by atoms with van der Waals surface area (Å²) in [5, 5.41) is 43.9. The molecule has 6 atom stereocenters. The van der Waals surface area contributed by atoms with E-state index in [-0.39, 0.29) is 82.9 Å². The van der Waals surface area contributed by atoms with Crippen LogP contribution in [0.2, 0.25) is 0 Å². The summed E-state index contributed by atoms with van der Waals surface area (Å²) in [6.07, 6.45) is 43.6. The van der Waals surface area contributed by atoms with E-state index in [9.17, 15) is 29.1 Å². The highest BCUT2D eigenvalue weighted by molar-refractivity contribution is 7.14. The molecule has 0 bridgehead atoms. The fraction of sp³-hybridized carbons (Fsp3) is 0.301. The van der Waals surface area contributed by atoms with Crippen LogP contribution in [0.5, 0.6) is 0 Å². The Morgan fingerprint density at radius 2 is 0.745 bits per heavy atom. The van der Waals surface area contributed by atoms with Crippen molar-refractivity contribution in [3.8, 4) is 21.1 Å². The van der Waals surface area contributed by atoms with Crippen molar-refractivity contribution < 1.29 is 29.1 Å². The third-order valence-corrected chi connectivity index (χ3v) is 30.2. The zero-order chi connectivity index (χ0) is 98.8. The number of carbonyl (C=O) groups is 5. The largest absolute Gasteiger partial charge is 0.391 e. The summed E-state index contributed by atoms with van der Waals surface area (Å²) in [4.78, 5) is 143. The first-order chi connectivity index (χ1) is 70.8. The number of amides is 5. The molecular weight excluding hydrogens is 1890 g/mol. The van der Waals surface area contributed by atoms with Crippen molar-refractivity contribution >= 4 is 148 Å². The van der Waals surface area contributed by atoms with Gasteiger partial charge in [0.05, 0.1) is 22.7 Å². The Kier molecular flexibility index (Phi) is 26.4. The number of carbonyl (C=O) groups excluding carboxylic acids is 5. The quantitative estimate of drug-likeness (QED) is 0.0464. The number of hydrogen-bond donors (Lipinski definition) is 6. The van der Waals surface area contributed by atoms with Gasteiger partial charge in [-0.15, -0.1) is 44.2 Å². The van der Waals surface area contributed by atoms with Crippen molar-refractivity contribution in [3.05, 3.63) is 288 Å². The molecule has 15 aromatic heterocycles. The molecule has 6 saturated heterocycles. The maximum atomic E-state index is 12.8. The molecule has 1 aliphatic carbocycles. The van der Waals surface area contributed by atoms with Crippen LogP contribution in [0.15, 0.2) is 237 Å². The van der Waals surface area contributed by atoms with Gasteiger partial charge in [-0.3, -0.25) is 28.4 Å². The number of aliphatic hydroxyl groups excluding tert-OH is 1. The number of fused-ring (bicyclic) bond motifs is 7. The average Bonchev–Trinajstić information content (AvgIpc) is 1.60. The second-order valence-corrected chi connectivity index (χ2v) is 40.0. The van der Waals surface area contributed by atoms with E-state index in [1.165, 1.54) is 34.0 Å². The van der Waals surface area contributed by atoms with E-state index >= 15 is 0 Å². The van der Waals surface area contributed by atoms with Crippen LogP contribution in [0.1, 0.15) is 126 Å². The third-order valence-electron chi connectivity index (χ3n) is 27.6. The molecule has 4 aromatic carbocycles. The molecule has 734 valence electrons. The van der Waals surface area contributed by atoms with Crippen LogP contribution in [0.3, 0.4) is 0 Å². The Morgan fingerprint density at radius 1 is 0.359 bits per heavy atom. The van der Waals surface area contributed by atoms with Crippen molar-refractivity contribution in [3.63, 3.8) is 0 Å². The summed E-state index contributed by atoms with van der Waals surface area (Å²) < 4.78 is 9.75. The lowest BCUT2D eigenvalue weighted by Crippen LogP contribution is -2.45. The smallest absolute Gasteiger partial charge is 0.289 e. The zero-order valence-electron chi connectivity index (χ0n) is 79.9. The molecule has 6 aliphatic heterocycles. The number of aryl methyl sites for hydroxylation is 4. The number of piperidine rings is 1. The maximum absolute atomic E-state index is 12.8. The van der Waals surface area contributed by atoms with E-state index in [0.29, 0.717) is 55.5 Å².